The second-order valence-corrected chi connectivity index (χ2v) is 4.70. The number of rotatable bonds is 3. The molecule has 0 saturated heterocycles. The van der Waals surface area contributed by atoms with Crippen LogP contribution in [0.5, 0.6) is 5.75 Å². The third-order valence-corrected chi connectivity index (χ3v) is 3.25. The van der Waals surface area contributed by atoms with Gasteiger partial charge in [-0.3, -0.25) is 4.98 Å². The fourth-order valence-electron chi connectivity index (χ4n) is 1.92. The van der Waals surface area contributed by atoms with E-state index in [1.807, 2.05) is 42.5 Å². The Morgan fingerprint density at radius 1 is 1.10 bits per heavy atom. The SMILES string of the molecule is COc1ccc2nc(/C=C/c3ccccn3)nc(Cl)c2c1. The van der Waals surface area contributed by atoms with Crippen molar-refractivity contribution in [2.24, 2.45) is 0 Å². The Morgan fingerprint density at radius 2 is 2.00 bits per heavy atom. The molecule has 2 heterocycles. The van der Waals surface area contributed by atoms with Crippen LogP contribution < -0.4 is 4.74 Å². The number of ether oxygens (including phenoxy) is 1. The molecule has 0 spiro atoms. The molecule has 0 aliphatic heterocycles. The van der Waals surface area contributed by atoms with Crippen molar-refractivity contribution in [3.63, 3.8) is 0 Å². The van der Waals surface area contributed by atoms with Gasteiger partial charge in [0.05, 0.1) is 18.3 Å². The van der Waals surface area contributed by atoms with Crippen LogP contribution in [-0.2, 0) is 0 Å². The van der Waals surface area contributed by atoms with E-state index in [9.17, 15) is 0 Å². The van der Waals surface area contributed by atoms with Gasteiger partial charge in [0.25, 0.3) is 0 Å². The molecule has 0 bridgehead atoms. The first kappa shape index (κ1) is 13.5. The van der Waals surface area contributed by atoms with E-state index in [0.717, 1.165) is 22.3 Å². The minimum atomic E-state index is 0.402. The zero-order valence-electron chi connectivity index (χ0n) is 11.3. The van der Waals surface area contributed by atoms with Crippen molar-refractivity contribution in [3.8, 4) is 5.75 Å². The molecule has 0 aliphatic rings. The van der Waals surface area contributed by atoms with Crippen molar-refractivity contribution in [3.05, 3.63) is 59.3 Å². The monoisotopic (exact) mass is 297 g/mol. The maximum Gasteiger partial charge on any atom is 0.154 e. The molecule has 0 amide bonds. The first-order valence-corrected chi connectivity index (χ1v) is 6.74. The van der Waals surface area contributed by atoms with Gasteiger partial charge in [0.1, 0.15) is 10.9 Å². The van der Waals surface area contributed by atoms with Crippen molar-refractivity contribution in [1.29, 1.82) is 0 Å². The van der Waals surface area contributed by atoms with Crippen LogP contribution in [-0.4, -0.2) is 22.1 Å². The molecule has 0 atom stereocenters. The Kier molecular flexibility index (Phi) is 3.79. The molecule has 1 aromatic carbocycles. The Labute approximate surface area is 127 Å². The lowest BCUT2D eigenvalue weighted by molar-refractivity contribution is 0.415. The fraction of sp³-hybridized carbons (Fsp3) is 0.0625. The van der Waals surface area contributed by atoms with Crippen molar-refractivity contribution >= 4 is 34.7 Å². The predicted molar refractivity (Wildman–Crippen MR) is 84.3 cm³/mol. The van der Waals surface area contributed by atoms with Crippen molar-refractivity contribution in [1.82, 2.24) is 15.0 Å². The van der Waals surface area contributed by atoms with Crippen LogP contribution in [0.1, 0.15) is 11.5 Å². The largest absolute Gasteiger partial charge is 0.497 e. The fourth-order valence-corrected chi connectivity index (χ4v) is 2.16. The van der Waals surface area contributed by atoms with Crippen molar-refractivity contribution in [2.75, 3.05) is 7.11 Å². The molecule has 4 nitrogen and oxygen atoms in total. The summed E-state index contributed by atoms with van der Waals surface area (Å²) in [5.74, 6) is 1.27. The van der Waals surface area contributed by atoms with Crippen molar-refractivity contribution < 1.29 is 4.74 Å². The Balaban J connectivity index is 1.99. The number of fused-ring (bicyclic) bond motifs is 1. The van der Waals surface area contributed by atoms with Crippen LogP contribution in [0.25, 0.3) is 23.1 Å². The van der Waals surface area contributed by atoms with Crippen LogP contribution in [0, 0.1) is 0 Å². The highest BCUT2D eigenvalue weighted by molar-refractivity contribution is 6.34. The highest BCUT2D eigenvalue weighted by Crippen LogP contribution is 2.25. The molecule has 0 aliphatic carbocycles. The highest BCUT2D eigenvalue weighted by atomic mass is 35.5. The summed E-state index contributed by atoms with van der Waals surface area (Å²) in [6, 6.07) is 11.2. The third-order valence-electron chi connectivity index (χ3n) is 2.96. The number of hydrogen-bond donors (Lipinski definition) is 0. The molecule has 0 unspecified atom stereocenters. The van der Waals surface area contributed by atoms with Crippen LogP contribution in [0.4, 0.5) is 0 Å². The summed E-state index contributed by atoms with van der Waals surface area (Å²) < 4.78 is 5.18. The summed E-state index contributed by atoms with van der Waals surface area (Å²) in [5.41, 5.74) is 1.61. The Morgan fingerprint density at radius 3 is 2.76 bits per heavy atom. The molecule has 0 radical (unpaired) electrons. The average molecular weight is 298 g/mol. The molecule has 104 valence electrons. The zero-order valence-corrected chi connectivity index (χ0v) is 12.1. The quantitative estimate of drug-likeness (QED) is 0.689. The van der Waals surface area contributed by atoms with E-state index < -0.39 is 0 Å². The van der Waals surface area contributed by atoms with E-state index in [1.54, 1.807) is 19.4 Å². The van der Waals surface area contributed by atoms with Gasteiger partial charge in [-0.2, -0.15) is 0 Å². The average Bonchev–Trinajstić information content (AvgIpc) is 2.54. The normalized spacial score (nSPS) is 11.1. The van der Waals surface area contributed by atoms with Gasteiger partial charge in [-0.25, -0.2) is 9.97 Å². The molecular weight excluding hydrogens is 286 g/mol. The molecule has 0 fully saturated rings. The first-order chi connectivity index (χ1) is 10.3. The highest BCUT2D eigenvalue weighted by Gasteiger charge is 2.05. The van der Waals surface area contributed by atoms with E-state index in [2.05, 4.69) is 15.0 Å². The molecule has 2 aromatic heterocycles. The van der Waals surface area contributed by atoms with Gasteiger partial charge in [-0.15, -0.1) is 0 Å². The zero-order chi connectivity index (χ0) is 14.7. The van der Waals surface area contributed by atoms with Gasteiger partial charge in [-0.05, 0) is 42.5 Å². The van der Waals surface area contributed by atoms with Gasteiger partial charge in [0, 0.05) is 11.6 Å². The minimum absolute atomic E-state index is 0.402. The second-order valence-electron chi connectivity index (χ2n) is 4.34. The van der Waals surface area contributed by atoms with E-state index in [4.69, 9.17) is 16.3 Å². The van der Waals surface area contributed by atoms with Gasteiger partial charge in [-0.1, -0.05) is 17.7 Å². The van der Waals surface area contributed by atoms with E-state index in [-0.39, 0.29) is 0 Å². The number of pyridine rings is 1. The van der Waals surface area contributed by atoms with Gasteiger partial charge >= 0.3 is 0 Å². The van der Waals surface area contributed by atoms with Crippen LogP contribution in [0.3, 0.4) is 0 Å². The number of hydrogen-bond acceptors (Lipinski definition) is 4. The summed E-state index contributed by atoms with van der Waals surface area (Å²) in [6.07, 6.45) is 5.37. The van der Waals surface area contributed by atoms with Crippen LogP contribution in [0.15, 0.2) is 42.6 Å². The summed E-state index contributed by atoms with van der Waals surface area (Å²) >= 11 is 6.22. The molecule has 3 aromatic rings. The van der Waals surface area contributed by atoms with Crippen molar-refractivity contribution in [2.45, 2.75) is 0 Å². The number of methoxy groups -OCH3 is 1. The third kappa shape index (κ3) is 3.01. The van der Waals surface area contributed by atoms with Crippen LogP contribution >= 0.6 is 11.6 Å². The number of nitrogens with zero attached hydrogens (tertiary/aromatic N) is 3. The molecule has 0 saturated carbocycles. The lowest BCUT2D eigenvalue weighted by atomic mass is 10.2. The number of halogens is 1. The van der Waals surface area contributed by atoms with Crippen LogP contribution in [0.2, 0.25) is 5.15 Å². The molecule has 3 rings (SSSR count). The Hall–Kier alpha value is -2.46. The maximum absolute atomic E-state index is 6.22. The van der Waals surface area contributed by atoms with E-state index in [0.29, 0.717) is 11.0 Å². The summed E-state index contributed by atoms with van der Waals surface area (Å²) in [5, 5.41) is 1.17. The predicted octanol–water partition coefficient (Wildman–Crippen LogP) is 3.86. The first-order valence-electron chi connectivity index (χ1n) is 6.36. The maximum atomic E-state index is 6.22. The number of aromatic nitrogens is 3. The van der Waals surface area contributed by atoms with E-state index >= 15 is 0 Å². The van der Waals surface area contributed by atoms with E-state index in [1.165, 1.54) is 0 Å². The summed E-state index contributed by atoms with van der Waals surface area (Å²) in [7, 11) is 1.61. The summed E-state index contributed by atoms with van der Waals surface area (Å²) in [4.78, 5) is 12.9. The lowest BCUT2D eigenvalue weighted by Gasteiger charge is -2.04. The van der Waals surface area contributed by atoms with Gasteiger partial charge in [0.15, 0.2) is 5.82 Å². The molecule has 21 heavy (non-hydrogen) atoms. The Bertz CT molecular complexity index is 803. The summed E-state index contributed by atoms with van der Waals surface area (Å²) in [6.45, 7) is 0. The van der Waals surface area contributed by atoms with Gasteiger partial charge in [0.2, 0.25) is 0 Å². The minimum Gasteiger partial charge on any atom is -0.497 e. The smallest absolute Gasteiger partial charge is 0.154 e. The number of benzene rings is 1. The molecule has 0 N–H and O–H groups in total. The standard InChI is InChI=1S/C16H12ClN3O/c1-21-12-6-7-14-13(10-12)16(17)20-15(19-14)8-5-11-4-2-3-9-18-11/h2-10H,1H3/b8-5+. The topological polar surface area (TPSA) is 47.9 Å². The van der Waals surface area contributed by atoms with Gasteiger partial charge < -0.3 is 4.74 Å². The molecule has 5 heteroatoms. The molecular formula is C16H12ClN3O. The lowest BCUT2D eigenvalue weighted by Crippen LogP contribution is -1.92. The second kappa shape index (κ2) is 5.89.